The van der Waals surface area contributed by atoms with Crippen molar-refractivity contribution in [3.05, 3.63) is 48.0 Å². The third-order valence-corrected chi connectivity index (χ3v) is 7.20. The summed E-state index contributed by atoms with van der Waals surface area (Å²) in [4.78, 5) is 13.0. The normalized spacial score (nSPS) is 14.1. The van der Waals surface area contributed by atoms with E-state index < -0.39 is 16.1 Å². The standard InChI is InChI=1S/C23H30N2O5S2/c1-3-4-5-17-6-8-18(9-7-17)24-23(26)20(12-15-31-2)25-32(27,28)19-10-11-21-22(16-19)30-14-13-29-21/h6-11,16,20,25H,3-5,12-15H2,1-2H3,(H,24,26). The Bertz CT molecular complexity index is 1010. The molecule has 2 N–H and O–H groups in total. The van der Waals surface area contributed by atoms with Crippen LogP contribution in [0.4, 0.5) is 5.69 Å². The quantitative estimate of drug-likeness (QED) is 0.510. The largest absolute Gasteiger partial charge is 0.486 e. The van der Waals surface area contributed by atoms with Crippen LogP contribution in [-0.4, -0.2) is 45.6 Å². The van der Waals surface area contributed by atoms with Gasteiger partial charge < -0.3 is 14.8 Å². The predicted molar refractivity (Wildman–Crippen MR) is 128 cm³/mol. The summed E-state index contributed by atoms with van der Waals surface area (Å²) in [6, 6.07) is 11.2. The van der Waals surface area contributed by atoms with Gasteiger partial charge in [-0.1, -0.05) is 25.5 Å². The maximum atomic E-state index is 13.0. The second-order valence-corrected chi connectivity index (χ2v) is 10.3. The van der Waals surface area contributed by atoms with Crippen molar-refractivity contribution in [2.75, 3.05) is 30.5 Å². The molecule has 9 heteroatoms. The SMILES string of the molecule is CCCCc1ccc(NC(=O)C(CCSC)NS(=O)(=O)c2ccc3c(c2)OCCO3)cc1. The van der Waals surface area contributed by atoms with Crippen molar-refractivity contribution in [2.45, 2.75) is 43.5 Å². The van der Waals surface area contributed by atoms with E-state index in [1.807, 2.05) is 30.5 Å². The highest BCUT2D eigenvalue weighted by Crippen LogP contribution is 2.32. The zero-order chi connectivity index (χ0) is 23.0. The highest BCUT2D eigenvalue weighted by Gasteiger charge is 2.27. The number of nitrogens with one attached hydrogen (secondary N) is 2. The average molecular weight is 479 g/mol. The Morgan fingerprint density at radius 3 is 2.50 bits per heavy atom. The van der Waals surface area contributed by atoms with Gasteiger partial charge in [0.1, 0.15) is 19.3 Å². The van der Waals surface area contributed by atoms with Crippen LogP contribution in [0.1, 0.15) is 31.7 Å². The van der Waals surface area contributed by atoms with Crippen LogP contribution in [0.25, 0.3) is 0 Å². The molecular formula is C23H30N2O5S2. The minimum absolute atomic E-state index is 0.0315. The van der Waals surface area contributed by atoms with Crippen LogP contribution in [0.2, 0.25) is 0 Å². The number of rotatable bonds is 11. The number of carbonyl (C=O) groups excluding carboxylic acids is 1. The van der Waals surface area contributed by atoms with E-state index in [0.29, 0.717) is 42.6 Å². The number of fused-ring (bicyclic) bond motifs is 1. The molecule has 2 aromatic rings. The van der Waals surface area contributed by atoms with Gasteiger partial charge in [-0.15, -0.1) is 0 Å². The molecule has 1 aliphatic heterocycles. The lowest BCUT2D eigenvalue weighted by molar-refractivity contribution is -0.117. The molecule has 0 saturated carbocycles. The Morgan fingerprint density at radius 2 is 1.81 bits per heavy atom. The Morgan fingerprint density at radius 1 is 1.09 bits per heavy atom. The highest BCUT2D eigenvalue weighted by molar-refractivity contribution is 7.98. The van der Waals surface area contributed by atoms with Gasteiger partial charge in [-0.2, -0.15) is 16.5 Å². The van der Waals surface area contributed by atoms with Crippen molar-refractivity contribution in [2.24, 2.45) is 0 Å². The lowest BCUT2D eigenvalue weighted by Gasteiger charge is -2.21. The summed E-state index contributed by atoms with van der Waals surface area (Å²) in [5, 5.41) is 2.84. The zero-order valence-corrected chi connectivity index (χ0v) is 20.1. The number of hydrogen-bond donors (Lipinski definition) is 2. The number of hydrogen-bond acceptors (Lipinski definition) is 6. The molecule has 174 valence electrons. The third-order valence-electron chi connectivity index (χ3n) is 5.09. The van der Waals surface area contributed by atoms with E-state index in [1.54, 1.807) is 17.8 Å². The van der Waals surface area contributed by atoms with E-state index in [4.69, 9.17) is 9.47 Å². The molecule has 0 saturated heterocycles. The van der Waals surface area contributed by atoms with E-state index in [1.165, 1.54) is 17.7 Å². The lowest BCUT2D eigenvalue weighted by Crippen LogP contribution is -2.44. The number of unbranched alkanes of at least 4 members (excludes halogenated alkanes) is 1. The molecule has 0 aliphatic carbocycles. The van der Waals surface area contributed by atoms with Crippen LogP contribution in [0.3, 0.4) is 0 Å². The average Bonchev–Trinajstić information content (AvgIpc) is 2.80. The van der Waals surface area contributed by atoms with Gasteiger partial charge in [-0.3, -0.25) is 4.79 Å². The Kier molecular flexibility index (Phi) is 8.84. The second kappa shape index (κ2) is 11.6. The number of thioether (sulfide) groups is 1. The highest BCUT2D eigenvalue weighted by atomic mass is 32.2. The molecule has 3 rings (SSSR count). The fraction of sp³-hybridized carbons (Fsp3) is 0.435. The molecule has 0 aromatic heterocycles. The summed E-state index contributed by atoms with van der Waals surface area (Å²) in [5.74, 6) is 1.14. The van der Waals surface area contributed by atoms with E-state index in [0.717, 1.165) is 19.3 Å². The van der Waals surface area contributed by atoms with E-state index >= 15 is 0 Å². The summed E-state index contributed by atoms with van der Waals surface area (Å²) in [5.41, 5.74) is 1.85. The maximum Gasteiger partial charge on any atom is 0.242 e. The number of anilines is 1. The molecule has 2 aromatic carbocycles. The van der Waals surface area contributed by atoms with Crippen molar-refractivity contribution in [3.8, 4) is 11.5 Å². The Labute approximate surface area is 194 Å². The zero-order valence-electron chi connectivity index (χ0n) is 18.4. The molecule has 1 heterocycles. The monoisotopic (exact) mass is 478 g/mol. The van der Waals surface area contributed by atoms with Gasteiger partial charge in [-0.25, -0.2) is 8.42 Å². The summed E-state index contributed by atoms with van der Waals surface area (Å²) >= 11 is 1.55. The van der Waals surface area contributed by atoms with Gasteiger partial charge in [0.15, 0.2) is 11.5 Å². The van der Waals surface area contributed by atoms with Crippen LogP contribution < -0.4 is 19.5 Å². The molecular weight excluding hydrogens is 448 g/mol. The van der Waals surface area contributed by atoms with Crippen molar-refractivity contribution >= 4 is 33.4 Å². The first-order chi connectivity index (χ1) is 15.4. The summed E-state index contributed by atoms with van der Waals surface area (Å²) in [6.07, 6.45) is 5.52. The molecule has 0 spiro atoms. The van der Waals surface area contributed by atoms with Crippen LogP contribution >= 0.6 is 11.8 Å². The fourth-order valence-corrected chi connectivity index (χ4v) is 5.01. The number of ether oxygens (including phenoxy) is 2. The van der Waals surface area contributed by atoms with E-state index in [2.05, 4.69) is 17.0 Å². The van der Waals surface area contributed by atoms with Crippen LogP contribution in [0, 0.1) is 0 Å². The third kappa shape index (κ3) is 6.63. The molecule has 1 aliphatic rings. The first-order valence-electron chi connectivity index (χ1n) is 10.7. The molecule has 7 nitrogen and oxygen atoms in total. The molecule has 0 radical (unpaired) electrons. The van der Waals surface area contributed by atoms with Gasteiger partial charge >= 0.3 is 0 Å². The first kappa shape index (κ1) is 24.4. The van der Waals surface area contributed by atoms with Crippen LogP contribution in [0.5, 0.6) is 11.5 Å². The number of aryl methyl sites for hydroxylation is 1. The fourth-order valence-electron chi connectivity index (χ4n) is 3.29. The van der Waals surface area contributed by atoms with Gasteiger partial charge in [0.05, 0.1) is 4.90 Å². The number of carbonyl (C=O) groups is 1. The minimum atomic E-state index is -3.93. The van der Waals surface area contributed by atoms with Crippen molar-refractivity contribution in [3.63, 3.8) is 0 Å². The Hall–Kier alpha value is -2.23. The molecule has 1 unspecified atom stereocenters. The molecule has 32 heavy (non-hydrogen) atoms. The maximum absolute atomic E-state index is 13.0. The number of benzene rings is 2. The smallest absolute Gasteiger partial charge is 0.242 e. The van der Waals surface area contributed by atoms with Crippen molar-refractivity contribution in [1.29, 1.82) is 0 Å². The van der Waals surface area contributed by atoms with Crippen LogP contribution in [-0.2, 0) is 21.2 Å². The minimum Gasteiger partial charge on any atom is -0.486 e. The summed E-state index contributed by atoms with van der Waals surface area (Å²) < 4.78 is 39.5. The topological polar surface area (TPSA) is 93.7 Å². The van der Waals surface area contributed by atoms with Crippen molar-refractivity contribution < 1.29 is 22.7 Å². The van der Waals surface area contributed by atoms with Crippen molar-refractivity contribution in [1.82, 2.24) is 4.72 Å². The number of sulfonamides is 1. The van der Waals surface area contributed by atoms with E-state index in [9.17, 15) is 13.2 Å². The molecule has 1 atom stereocenters. The van der Waals surface area contributed by atoms with E-state index in [-0.39, 0.29) is 10.8 Å². The first-order valence-corrected chi connectivity index (χ1v) is 13.6. The molecule has 1 amide bonds. The predicted octanol–water partition coefficient (Wildman–Crippen LogP) is 3.84. The summed E-state index contributed by atoms with van der Waals surface area (Å²) in [7, 11) is -3.93. The van der Waals surface area contributed by atoms with Gasteiger partial charge in [0.25, 0.3) is 0 Å². The van der Waals surface area contributed by atoms with Gasteiger partial charge in [0.2, 0.25) is 15.9 Å². The second-order valence-electron chi connectivity index (χ2n) is 7.55. The van der Waals surface area contributed by atoms with Gasteiger partial charge in [0, 0.05) is 11.8 Å². The lowest BCUT2D eigenvalue weighted by atomic mass is 10.1. The number of amides is 1. The van der Waals surface area contributed by atoms with Gasteiger partial charge in [-0.05, 0) is 61.1 Å². The molecule has 0 bridgehead atoms. The Balaban J connectivity index is 1.71. The van der Waals surface area contributed by atoms with Crippen LogP contribution in [0.15, 0.2) is 47.4 Å². The summed E-state index contributed by atoms with van der Waals surface area (Å²) in [6.45, 7) is 2.93. The molecule has 0 fully saturated rings.